The van der Waals surface area contributed by atoms with Crippen molar-refractivity contribution in [3.8, 4) is 0 Å². The highest BCUT2D eigenvalue weighted by atomic mass is 35.5. The summed E-state index contributed by atoms with van der Waals surface area (Å²) < 4.78 is 0. The predicted octanol–water partition coefficient (Wildman–Crippen LogP) is 4.18. The van der Waals surface area contributed by atoms with E-state index in [4.69, 9.17) is 11.6 Å². The number of hydrogen-bond donors (Lipinski definition) is 1. The number of nitrogens with zero attached hydrogens (tertiary/aromatic N) is 1. The number of nitrogens with one attached hydrogen (secondary N) is 1. The van der Waals surface area contributed by atoms with Crippen LogP contribution in [-0.2, 0) is 0 Å². The smallest absolute Gasteiger partial charge is 0.254 e. The fourth-order valence-corrected chi connectivity index (χ4v) is 4.68. The van der Waals surface area contributed by atoms with Gasteiger partial charge >= 0.3 is 0 Å². The van der Waals surface area contributed by atoms with Gasteiger partial charge in [-0.2, -0.15) is 0 Å². The van der Waals surface area contributed by atoms with Crippen LogP contribution in [0.25, 0.3) is 0 Å². The Bertz CT molecular complexity index is 867. The summed E-state index contributed by atoms with van der Waals surface area (Å²) in [4.78, 5) is 28.4. The zero-order valence-electron chi connectivity index (χ0n) is 15.9. The summed E-state index contributed by atoms with van der Waals surface area (Å²) in [6.07, 6.45) is 4.50. The van der Waals surface area contributed by atoms with Gasteiger partial charge in [-0.25, -0.2) is 0 Å². The molecule has 0 bridgehead atoms. The van der Waals surface area contributed by atoms with Crippen molar-refractivity contribution in [3.05, 3.63) is 70.2 Å². The minimum Gasteiger partial charge on any atom is -0.338 e. The van der Waals surface area contributed by atoms with Crippen molar-refractivity contribution in [2.75, 3.05) is 26.2 Å². The number of rotatable bonds is 3. The van der Waals surface area contributed by atoms with Gasteiger partial charge in [0.2, 0.25) is 0 Å². The van der Waals surface area contributed by atoms with Gasteiger partial charge in [0.15, 0.2) is 5.78 Å². The number of hydrogen-bond acceptors (Lipinski definition) is 3. The first kappa shape index (κ1) is 19.2. The molecule has 5 heteroatoms. The molecule has 0 radical (unpaired) electrons. The Hall–Kier alpha value is -2.17. The summed E-state index contributed by atoms with van der Waals surface area (Å²) in [7, 11) is 0. The molecule has 4 rings (SSSR count). The average molecular weight is 397 g/mol. The first-order valence-electron chi connectivity index (χ1n) is 9.97. The lowest BCUT2D eigenvalue weighted by Crippen LogP contribution is -2.52. The summed E-state index contributed by atoms with van der Waals surface area (Å²) >= 11 is 5.94. The molecule has 4 nitrogen and oxygen atoms in total. The fraction of sp³-hybridized carbons (Fsp3) is 0.391. The van der Waals surface area contributed by atoms with Crippen molar-refractivity contribution in [2.24, 2.45) is 5.41 Å². The minimum atomic E-state index is -0.147. The van der Waals surface area contributed by atoms with E-state index in [-0.39, 0.29) is 17.1 Å². The third kappa shape index (κ3) is 3.85. The summed E-state index contributed by atoms with van der Waals surface area (Å²) in [5, 5.41) is 4.08. The van der Waals surface area contributed by atoms with E-state index in [0.717, 1.165) is 51.9 Å². The number of amides is 1. The van der Waals surface area contributed by atoms with Crippen molar-refractivity contribution in [1.29, 1.82) is 0 Å². The third-order valence-corrected chi connectivity index (χ3v) is 6.27. The molecule has 28 heavy (non-hydrogen) atoms. The van der Waals surface area contributed by atoms with Crippen molar-refractivity contribution < 1.29 is 9.59 Å². The van der Waals surface area contributed by atoms with Crippen molar-refractivity contribution in [3.63, 3.8) is 0 Å². The number of carbonyl (C=O) groups excluding carboxylic acids is 2. The van der Waals surface area contributed by atoms with Crippen molar-refractivity contribution in [1.82, 2.24) is 10.2 Å². The maximum Gasteiger partial charge on any atom is 0.254 e. The molecule has 146 valence electrons. The first-order valence-corrected chi connectivity index (χ1v) is 10.4. The maximum atomic E-state index is 13.4. The van der Waals surface area contributed by atoms with Crippen LogP contribution >= 0.6 is 11.6 Å². The Morgan fingerprint density at radius 3 is 2.39 bits per heavy atom. The van der Waals surface area contributed by atoms with Crippen LogP contribution in [0.3, 0.4) is 0 Å². The molecule has 2 aliphatic heterocycles. The summed E-state index contributed by atoms with van der Waals surface area (Å²) in [5.74, 6) is -0.186. The molecule has 1 N–H and O–H groups in total. The van der Waals surface area contributed by atoms with Crippen LogP contribution in [-0.4, -0.2) is 42.8 Å². The summed E-state index contributed by atoms with van der Waals surface area (Å²) in [6, 6.07) is 14.0. The number of ketones is 1. The van der Waals surface area contributed by atoms with Gasteiger partial charge in [0.25, 0.3) is 5.91 Å². The van der Waals surface area contributed by atoms with Gasteiger partial charge in [0.1, 0.15) is 0 Å². The van der Waals surface area contributed by atoms with Gasteiger partial charge in [0, 0.05) is 41.2 Å². The molecule has 1 amide bonds. The topological polar surface area (TPSA) is 49.4 Å². The lowest BCUT2D eigenvalue weighted by atomic mass is 9.74. The second kappa shape index (κ2) is 8.06. The number of piperidine rings is 2. The van der Waals surface area contributed by atoms with Gasteiger partial charge in [-0.15, -0.1) is 0 Å². The second-order valence-corrected chi connectivity index (χ2v) is 8.43. The van der Waals surface area contributed by atoms with E-state index in [1.807, 2.05) is 17.0 Å². The zero-order chi connectivity index (χ0) is 19.6. The number of carbonyl (C=O) groups is 2. The fourth-order valence-electron chi connectivity index (χ4n) is 4.55. The number of halogens is 1. The van der Waals surface area contributed by atoms with Crippen LogP contribution in [0.1, 0.15) is 52.0 Å². The van der Waals surface area contributed by atoms with Crippen LogP contribution in [0.15, 0.2) is 48.5 Å². The lowest BCUT2D eigenvalue weighted by Gasteiger charge is -2.45. The average Bonchev–Trinajstić information content (AvgIpc) is 2.74. The maximum absolute atomic E-state index is 13.4. The molecule has 0 aromatic heterocycles. The Balaban J connectivity index is 1.59. The zero-order valence-corrected chi connectivity index (χ0v) is 16.7. The molecule has 1 spiro atoms. The molecule has 2 aromatic rings. The van der Waals surface area contributed by atoms with Crippen molar-refractivity contribution >= 4 is 23.3 Å². The molecule has 2 fully saturated rings. The summed E-state index contributed by atoms with van der Waals surface area (Å²) in [5.41, 5.74) is 1.66. The van der Waals surface area contributed by atoms with Crippen LogP contribution in [0.2, 0.25) is 5.02 Å². The minimum absolute atomic E-state index is 0.0393. The Labute approximate surface area is 170 Å². The van der Waals surface area contributed by atoms with Gasteiger partial charge in [0.05, 0.1) is 5.56 Å². The molecule has 2 aliphatic rings. The van der Waals surface area contributed by atoms with Gasteiger partial charge in [-0.05, 0) is 62.6 Å². The standard InChI is InChI=1S/C23H25ClN2O2/c24-18-9-7-17(8-10-18)21(27)19-5-1-2-6-20(19)22(28)26-14-4-12-23(16-26)11-3-13-25-15-23/h1-2,5-10,25H,3-4,11-16H2. The van der Waals surface area contributed by atoms with Gasteiger partial charge < -0.3 is 10.2 Å². The Morgan fingerprint density at radius 2 is 1.68 bits per heavy atom. The highest BCUT2D eigenvalue weighted by Gasteiger charge is 2.38. The Morgan fingerprint density at radius 1 is 0.964 bits per heavy atom. The molecule has 2 aromatic carbocycles. The van der Waals surface area contributed by atoms with Crippen LogP contribution in [0.5, 0.6) is 0 Å². The highest BCUT2D eigenvalue weighted by Crippen LogP contribution is 2.36. The SMILES string of the molecule is O=C(c1ccc(Cl)cc1)c1ccccc1C(=O)N1CCCC2(CCCNC2)C1. The van der Waals surface area contributed by atoms with E-state index < -0.39 is 0 Å². The molecule has 2 saturated heterocycles. The number of benzene rings is 2. The highest BCUT2D eigenvalue weighted by molar-refractivity contribution is 6.30. The molecular weight excluding hydrogens is 372 g/mol. The number of likely N-dealkylation sites (tertiary alicyclic amines) is 1. The Kier molecular flexibility index (Phi) is 5.51. The van der Waals surface area contributed by atoms with Gasteiger partial charge in [-0.1, -0.05) is 29.8 Å². The summed E-state index contributed by atoms with van der Waals surface area (Å²) in [6.45, 7) is 3.56. The lowest BCUT2D eigenvalue weighted by molar-refractivity contribution is 0.0432. The van der Waals surface area contributed by atoms with Crippen LogP contribution < -0.4 is 5.32 Å². The second-order valence-electron chi connectivity index (χ2n) is 7.99. The quantitative estimate of drug-likeness (QED) is 0.792. The monoisotopic (exact) mass is 396 g/mol. The molecule has 1 unspecified atom stereocenters. The van der Waals surface area contributed by atoms with Gasteiger partial charge in [-0.3, -0.25) is 9.59 Å². The van der Waals surface area contributed by atoms with Crippen molar-refractivity contribution in [2.45, 2.75) is 25.7 Å². The largest absolute Gasteiger partial charge is 0.338 e. The molecule has 1 atom stereocenters. The van der Waals surface area contributed by atoms with E-state index in [2.05, 4.69) is 5.32 Å². The van der Waals surface area contributed by atoms with E-state index in [1.54, 1.807) is 36.4 Å². The molecule has 0 aliphatic carbocycles. The molecule has 0 saturated carbocycles. The molecule has 2 heterocycles. The van der Waals surface area contributed by atoms with E-state index >= 15 is 0 Å². The van der Waals surface area contributed by atoms with Crippen LogP contribution in [0, 0.1) is 5.41 Å². The van der Waals surface area contributed by atoms with E-state index in [1.165, 1.54) is 0 Å². The van der Waals surface area contributed by atoms with Crippen LogP contribution in [0.4, 0.5) is 0 Å². The third-order valence-electron chi connectivity index (χ3n) is 6.02. The normalized spacial score (nSPS) is 22.2. The first-order chi connectivity index (χ1) is 13.6. The predicted molar refractivity (Wildman–Crippen MR) is 111 cm³/mol. The molecular formula is C23H25ClN2O2. The van der Waals surface area contributed by atoms with E-state index in [0.29, 0.717) is 21.7 Å². The van der Waals surface area contributed by atoms with E-state index in [9.17, 15) is 9.59 Å².